The zero-order chi connectivity index (χ0) is 32.0. The Kier molecular flexibility index (Phi) is 11.6. The largest absolute Gasteiger partial charge is 0.399 e. The monoisotopic (exact) mass is 601 g/mol. The van der Waals surface area contributed by atoms with Gasteiger partial charge in [0.1, 0.15) is 0 Å². The number of aryl methyl sites for hydroxylation is 1. The molecule has 0 unspecified atom stereocenters. The van der Waals surface area contributed by atoms with E-state index in [-0.39, 0.29) is 0 Å². The molecule has 0 fully saturated rings. The van der Waals surface area contributed by atoms with E-state index in [0.717, 1.165) is 37.1 Å². The minimum Gasteiger partial charge on any atom is -0.399 e. The lowest BCUT2D eigenvalue weighted by Gasteiger charge is -2.14. The van der Waals surface area contributed by atoms with Gasteiger partial charge in [-0.05, 0) is 114 Å². The first-order valence-electron chi connectivity index (χ1n) is 16.0. The van der Waals surface area contributed by atoms with Gasteiger partial charge in [-0.25, -0.2) is 0 Å². The van der Waals surface area contributed by atoms with Crippen LogP contribution in [-0.2, 0) is 0 Å². The van der Waals surface area contributed by atoms with E-state index in [2.05, 4.69) is 134 Å². The third-order valence-corrected chi connectivity index (χ3v) is 7.94. The number of benzene rings is 5. The molecule has 0 atom stereocenters. The summed E-state index contributed by atoms with van der Waals surface area (Å²) in [5.41, 5.74) is 21.2. The van der Waals surface area contributed by atoms with Crippen molar-refractivity contribution in [1.82, 2.24) is 0 Å². The molecule has 0 saturated heterocycles. The Balaban J connectivity index is 0.000000227. The second-order valence-corrected chi connectivity index (χ2v) is 11.4. The van der Waals surface area contributed by atoms with E-state index in [1.54, 1.807) is 0 Å². The summed E-state index contributed by atoms with van der Waals surface area (Å²) in [6.07, 6.45) is 17.5. The lowest BCUT2D eigenvalue weighted by atomic mass is 9.91. The Morgan fingerprint density at radius 2 is 0.957 bits per heavy atom. The highest BCUT2D eigenvalue weighted by molar-refractivity contribution is 5.84. The van der Waals surface area contributed by atoms with Gasteiger partial charge in [0.25, 0.3) is 0 Å². The molecule has 5 aromatic rings. The van der Waals surface area contributed by atoms with Gasteiger partial charge in [-0.15, -0.1) is 0 Å². The van der Waals surface area contributed by atoms with Crippen LogP contribution < -0.4 is 17.0 Å². The molecule has 0 aliphatic heterocycles. The molecule has 230 valence electrons. The van der Waals surface area contributed by atoms with Crippen molar-refractivity contribution >= 4 is 11.3 Å². The lowest BCUT2D eigenvalue weighted by molar-refractivity contribution is 1.01. The fourth-order valence-electron chi connectivity index (χ4n) is 5.35. The third-order valence-electron chi connectivity index (χ3n) is 7.94. The number of anilines is 1. The Morgan fingerprint density at radius 1 is 0.478 bits per heavy atom. The number of hydrogen-bond donors (Lipinski definition) is 3. The summed E-state index contributed by atoms with van der Waals surface area (Å²) in [6.45, 7) is 2.13. The average molecular weight is 602 g/mol. The molecule has 0 saturated carbocycles. The van der Waals surface area contributed by atoms with Crippen LogP contribution in [0.15, 0.2) is 170 Å². The van der Waals surface area contributed by atoms with Crippen molar-refractivity contribution in [3.8, 4) is 33.4 Å². The second-order valence-electron chi connectivity index (χ2n) is 11.4. The van der Waals surface area contributed by atoms with Crippen LogP contribution in [0.25, 0.3) is 39.0 Å². The van der Waals surface area contributed by atoms with Gasteiger partial charge in [0.05, 0.1) is 0 Å². The van der Waals surface area contributed by atoms with Gasteiger partial charge in [0.15, 0.2) is 0 Å². The maximum atomic E-state index is 5.41. The molecule has 0 amide bonds. The fraction of sp³-hybridized carbons (Fsp3) is 0.116. The molecular weight excluding hydrogens is 558 g/mol. The number of allylic oxidation sites excluding steroid dienone is 7. The zero-order valence-corrected chi connectivity index (χ0v) is 26.6. The van der Waals surface area contributed by atoms with Crippen LogP contribution in [0.2, 0.25) is 0 Å². The summed E-state index contributed by atoms with van der Waals surface area (Å²) in [7, 11) is 0. The zero-order valence-electron chi connectivity index (χ0n) is 26.6. The van der Waals surface area contributed by atoms with Crippen LogP contribution in [0.1, 0.15) is 36.8 Å². The summed E-state index contributed by atoms with van der Waals surface area (Å²) in [6, 6.07) is 44.9. The van der Waals surface area contributed by atoms with Crippen molar-refractivity contribution in [3.05, 3.63) is 181 Å². The first-order chi connectivity index (χ1) is 22.6. The van der Waals surface area contributed by atoms with Crippen molar-refractivity contribution in [3.63, 3.8) is 0 Å². The number of rotatable bonds is 5. The molecule has 0 spiro atoms. The molecule has 2 aliphatic carbocycles. The van der Waals surface area contributed by atoms with E-state index in [4.69, 9.17) is 11.6 Å². The Labute approximate surface area is 274 Å². The van der Waals surface area contributed by atoms with Crippen LogP contribution in [0.3, 0.4) is 0 Å². The van der Waals surface area contributed by atoms with Crippen molar-refractivity contribution in [1.29, 1.82) is 0 Å². The summed E-state index contributed by atoms with van der Waals surface area (Å²) in [5, 5.41) is 0. The molecule has 0 aromatic heterocycles. The number of hydrogen-bond acceptors (Lipinski definition) is 3. The van der Waals surface area contributed by atoms with Gasteiger partial charge in [-0.1, -0.05) is 133 Å². The van der Waals surface area contributed by atoms with Gasteiger partial charge in [-0.3, -0.25) is 5.84 Å². The van der Waals surface area contributed by atoms with Crippen LogP contribution in [0, 0.1) is 6.92 Å². The van der Waals surface area contributed by atoms with Crippen LogP contribution >= 0.6 is 0 Å². The normalized spacial score (nSPS) is 13.3. The average Bonchev–Trinajstić information content (AvgIpc) is 3.14. The SMILES string of the molecule is Cc1ccc(-c2ccc(-c3cc(C4=CCCC=C4)cc(-c4ccccc4)c3)cc2)cc1.NC1=CCCC=C1.NNc1ccccc1. The van der Waals surface area contributed by atoms with Gasteiger partial charge in [-0.2, -0.15) is 0 Å². The minimum atomic E-state index is 0.909. The molecule has 5 aromatic carbocycles. The van der Waals surface area contributed by atoms with E-state index in [1.165, 1.54) is 50.1 Å². The first-order valence-corrected chi connectivity index (χ1v) is 16.0. The standard InChI is InChI=1S/C31H26.C6H8N2.C6H9N/c1-23-12-14-26(15-13-23)27-16-18-28(19-17-27)31-21-29(24-8-4-2-5-9-24)20-30(22-31)25-10-6-3-7-11-25;7-8-6-4-2-1-3-5-6;7-6-4-2-1-3-5-6/h2,4-6,8-22H,3,7H2,1H3;1-5,8H,7H2;2,4-5H,1,3,7H2. The molecule has 46 heavy (non-hydrogen) atoms. The summed E-state index contributed by atoms with van der Waals surface area (Å²) in [5.74, 6) is 5.10. The lowest BCUT2D eigenvalue weighted by Crippen LogP contribution is -2.05. The van der Waals surface area contributed by atoms with Crippen molar-refractivity contribution in [2.75, 3.05) is 5.43 Å². The Morgan fingerprint density at radius 3 is 1.41 bits per heavy atom. The third kappa shape index (κ3) is 9.31. The Bertz CT molecular complexity index is 1790. The summed E-state index contributed by atoms with van der Waals surface area (Å²) >= 11 is 0. The molecule has 7 rings (SSSR count). The van der Waals surface area contributed by atoms with E-state index in [1.807, 2.05) is 42.5 Å². The number of hydrazine groups is 1. The van der Waals surface area contributed by atoms with E-state index < -0.39 is 0 Å². The highest BCUT2D eigenvalue weighted by Crippen LogP contribution is 2.33. The summed E-state index contributed by atoms with van der Waals surface area (Å²) < 4.78 is 0. The van der Waals surface area contributed by atoms with E-state index in [9.17, 15) is 0 Å². The molecule has 3 heteroatoms. The van der Waals surface area contributed by atoms with Gasteiger partial charge < -0.3 is 11.2 Å². The smallest absolute Gasteiger partial charge is 0.0485 e. The predicted octanol–water partition coefficient (Wildman–Crippen LogP) is 10.9. The van der Waals surface area contributed by atoms with Crippen molar-refractivity contribution in [2.45, 2.75) is 32.6 Å². The molecule has 2 aliphatic rings. The fourth-order valence-corrected chi connectivity index (χ4v) is 5.35. The predicted molar refractivity (Wildman–Crippen MR) is 199 cm³/mol. The highest BCUT2D eigenvalue weighted by atomic mass is 15.2. The van der Waals surface area contributed by atoms with Crippen LogP contribution in [0.5, 0.6) is 0 Å². The van der Waals surface area contributed by atoms with E-state index in [0.29, 0.717) is 0 Å². The van der Waals surface area contributed by atoms with Crippen molar-refractivity contribution < 1.29 is 0 Å². The van der Waals surface area contributed by atoms with Crippen LogP contribution in [-0.4, -0.2) is 0 Å². The highest BCUT2D eigenvalue weighted by Gasteiger charge is 2.09. The molecule has 3 nitrogen and oxygen atoms in total. The maximum Gasteiger partial charge on any atom is 0.0485 e. The van der Waals surface area contributed by atoms with Gasteiger partial charge in [0.2, 0.25) is 0 Å². The maximum absolute atomic E-state index is 5.41. The summed E-state index contributed by atoms with van der Waals surface area (Å²) in [4.78, 5) is 0. The van der Waals surface area contributed by atoms with Crippen molar-refractivity contribution in [2.24, 2.45) is 11.6 Å². The van der Waals surface area contributed by atoms with Crippen LogP contribution in [0.4, 0.5) is 5.69 Å². The molecule has 0 heterocycles. The number of para-hydroxylation sites is 1. The molecule has 0 bridgehead atoms. The number of nitrogens with two attached hydrogens (primary N) is 2. The Hall–Kier alpha value is -5.38. The van der Waals surface area contributed by atoms with E-state index >= 15 is 0 Å². The molecule has 5 N–H and O–H groups in total. The first kappa shape index (κ1) is 32.0. The van der Waals surface area contributed by atoms with Gasteiger partial charge >= 0.3 is 0 Å². The second kappa shape index (κ2) is 16.6. The molecular formula is C43H43N3. The molecule has 0 radical (unpaired) electrons. The number of nitrogen functional groups attached to an aromatic ring is 1. The van der Waals surface area contributed by atoms with Gasteiger partial charge in [0, 0.05) is 11.4 Å². The quantitative estimate of drug-likeness (QED) is 0.139. The minimum absolute atomic E-state index is 0.909. The number of nitrogens with one attached hydrogen (secondary N) is 1. The topological polar surface area (TPSA) is 64.1 Å².